The Bertz CT molecular complexity index is 799. The van der Waals surface area contributed by atoms with Crippen LogP contribution in [0.25, 0.3) is 0 Å². The summed E-state index contributed by atoms with van der Waals surface area (Å²) in [5.41, 5.74) is 0.129. The molecule has 2 fully saturated rings. The average molecular weight is 434 g/mol. The molecular formula is C25H36FNO4. The van der Waals surface area contributed by atoms with Crippen molar-refractivity contribution in [1.82, 2.24) is 5.32 Å². The number of carbonyl (C=O) groups is 2. The summed E-state index contributed by atoms with van der Waals surface area (Å²) in [5, 5.41) is 3.53. The minimum atomic E-state index is -0.741. The number of hydrogen-bond donors (Lipinski definition) is 1. The van der Waals surface area contributed by atoms with Crippen LogP contribution >= 0.6 is 0 Å². The summed E-state index contributed by atoms with van der Waals surface area (Å²) in [5.74, 6) is -2.02. The van der Waals surface area contributed by atoms with Crippen molar-refractivity contribution in [1.29, 1.82) is 0 Å². The molecule has 3 rings (SSSR count). The van der Waals surface area contributed by atoms with E-state index in [1.165, 1.54) is 18.9 Å². The first kappa shape index (κ1) is 23.9. The normalized spacial score (nSPS) is 22.7. The van der Waals surface area contributed by atoms with E-state index in [2.05, 4.69) is 5.32 Å². The summed E-state index contributed by atoms with van der Waals surface area (Å²) >= 11 is 0. The molecule has 0 radical (unpaired) electrons. The smallest absolute Gasteiger partial charge is 0.310 e. The lowest BCUT2D eigenvalue weighted by Crippen LogP contribution is -2.44. The highest BCUT2D eigenvalue weighted by Gasteiger charge is 2.51. The van der Waals surface area contributed by atoms with Gasteiger partial charge in [-0.2, -0.15) is 0 Å². The SMILES string of the molecule is CO[C@@H]([C@@H]1CC2(CC2)CN1)[C@@H](C)C(=O)C[C@@H](Cc1ccccc1F)C(=O)OC(C)(C)C. The molecule has 0 aromatic heterocycles. The number of benzene rings is 1. The number of halogens is 1. The maximum atomic E-state index is 14.2. The number of methoxy groups -OCH3 is 1. The molecule has 6 heteroatoms. The van der Waals surface area contributed by atoms with Crippen LogP contribution in [-0.2, 0) is 25.5 Å². The van der Waals surface area contributed by atoms with Crippen molar-refractivity contribution < 1.29 is 23.5 Å². The van der Waals surface area contributed by atoms with Crippen molar-refractivity contribution in [3.63, 3.8) is 0 Å². The maximum absolute atomic E-state index is 14.2. The number of ether oxygens (including phenoxy) is 2. The zero-order chi connectivity index (χ0) is 22.8. The van der Waals surface area contributed by atoms with Crippen LogP contribution in [0.15, 0.2) is 24.3 Å². The number of rotatable bonds is 9. The second-order valence-electron chi connectivity index (χ2n) is 10.4. The zero-order valence-electron chi connectivity index (χ0n) is 19.4. The molecule has 1 heterocycles. The third kappa shape index (κ3) is 6.13. The van der Waals surface area contributed by atoms with Crippen LogP contribution in [-0.4, -0.2) is 43.2 Å². The number of carbonyl (C=O) groups excluding carboxylic acids is 2. The third-order valence-corrected chi connectivity index (χ3v) is 6.63. The van der Waals surface area contributed by atoms with E-state index in [9.17, 15) is 14.0 Å². The van der Waals surface area contributed by atoms with Gasteiger partial charge in [0.15, 0.2) is 0 Å². The van der Waals surface area contributed by atoms with Crippen molar-refractivity contribution in [3.05, 3.63) is 35.6 Å². The van der Waals surface area contributed by atoms with Crippen molar-refractivity contribution in [2.75, 3.05) is 13.7 Å². The molecule has 172 valence electrons. The molecular weight excluding hydrogens is 397 g/mol. The number of esters is 1. The number of Topliss-reactive ketones (excluding diaryl/α,β-unsaturated/α-hetero) is 1. The lowest BCUT2D eigenvalue weighted by atomic mass is 9.85. The van der Waals surface area contributed by atoms with Gasteiger partial charge in [-0.15, -0.1) is 0 Å². The van der Waals surface area contributed by atoms with Gasteiger partial charge < -0.3 is 14.8 Å². The Labute approximate surface area is 185 Å². The molecule has 5 nitrogen and oxygen atoms in total. The van der Waals surface area contributed by atoms with Gasteiger partial charge in [-0.3, -0.25) is 9.59 Å². The van der Waals surface area contributed by atoms with Crippen LogP contribution in [0.3, 0.4) is 0 Å². The number of hydrogen-bond acceptors (Lipinski definition) is 5. The summed E-state index contributed by atoms with van der Waals surface area (Å²) in [6.45, 7) is 8.21. The molecule has 2 aliphatic rings. The van der Waals surface area contributed by atoms with E-state index in [4.69, 9.17) is 9.47 Å². The van der Waals surface area contributed by atoms with E-state index in [1.54, 1.807) is 46.1 Å². The van der Waals surface area contributed by atoms with Gasteiger partial charge in [0.25, 0.3) is 0 Å². The van der Waals surface area contributed by atoms with Crippen LogP contribution in [0.5, 0.6) is 0 Å². The zero-order valence-corrected chi connectivity index (χ0v) is 19.4. The fraction of sp³-hybridized carbons (Fsp3) is 0.680. The van der Waals surface area contributed by atoms with Gasteiger partial charge in [0.2, 0.25) is 0 Å². The molecule has 0 amide bonds. The summed E-state index contributed by atoms with van der Waals surface area (Å²) in [7, 11) is 1.64. The van der Waals surface area contributed by atoms with Gasteiger partial charge in [-0.1, -0.05) is 25.1 Å². The van der Waals surface area contributed by atoms with Crippen molar-refractivity contribution in [2.45, 2.75) is 77.5 Å². The van der Waals surface area contributed by atoms with Crippen molar-refractivity contribution in [3.8, 4) is 0 Å². The number of nitrogens with one attached hydrogen (secondary N) is 1. The predicted octanol–water partition coefficient (Wildman–Crippen LogP) is 4.08. The van der Waals surface area contributed by atoms with Crippen LogP contribution < -0.4 is 5.32 Å². The lowest BCUT2D eigenvalue weighted by molar-refractivity contribution is -0.161. The Morgan fingerprint density at radius 3 is 2.48 bits per heavy atom. The van der Waals surface area contributed by atoms with E-state index in [0.29, 0.717) is 11.0 Å². The van der Waals surface area contributed by atoms with Crippen molar-refractivity contribution in [2.24, 2.45) is 17.3 Å². The summed E-state index contributed by atoms with van der Waals surface area (Å²) < 4.78 is 25.5. The standard InChI is InChI=1S/C25H36FNO4/c1-16(22(30-5)20-14-25(10-11-25)15-27-20)21(28)13-18(23(29)31-24(2,3)4)12-17-8-6-7-9-19(17)26/h6-9,16,18,20,22,27H,10-15H2,1-5H3/t16-,18+,20-,22+/m0/s1. The Morgan fingerprint density at radius 2 is 1.94 bits per heavy atom. The van der Waals surface area contributed by atoms with E-state index >= 15 is 0 Å². The predicted molar refractivity (Wildman–Crippen MR) is 117 cm³/mol. The van der Waals surface area contributed by atoms with E-state index in [1.807, 2.05) is 6.92 Å². The van der Waals surface area contributed by atoms with Crippen LogP contribution in [0.4, 0.5) is 4.39 Å². The molecule has 1 saturated heterocycles. The summed E-state index contributed by atoms with van der Waals surface area (Å²) in [6, 6.07) is 6.50. The lowest BCUT2D eigenvalue weighted by Gasteiger charge is -2.29. The molecule has 0 bridgehead atoms. The fourth-order valence-corrected chi connectivity index (χ4v) is 4.63. The van der Waals surface area contributed by atoms with Crippen LogP contribution in [0.1, 0.15) is 58.9 Å². The molecule has 1 aromatic rings. The van der Waals surface area contributed by atoms with E-state index in [0.717, 1.165) is 13.0 Å². The highest BCUT2D eigenvalue weighted by atomic mass is 19.1. The van der Waals surface area contributed by atoms with Gasteiger partial charge in [-0.05, 0) is 63.5 Å². The first-order valence-electron chi connectivity index (χ1n) is 11.3. The van der Waals surface area contributed by atoms with Crippen LogP contribution in [0, 0.1) is 23.1 Å². The highest BCUT2D eigenvalue weighted by Crippen LogP contribution is 2.52. The molecule has 4 atom stereocenters. The molecule has 1 aliphatic heterocycles. The second kappa shape index (κ2) is 9.37. The van der Waals surface area contributed by atoms with Gasteiger partial charge in [-0.25, -0.2) is 4.39 Å². The first-order valence-corrected chi connectivity index (χ1v) is 11.3. The molecule has 1 aliphatic carbocycles. The Balaban J connectivity index is 1.71. The highest BCUT2D eigenvalue weighted by molar-refractivity contribution is 5.86. The molecule has 1 N–H and O–H groups in total. The van der Waals surface area contributed by atoms with Crippen LogP contribution in [0.2, 0.25) is 0 Å². The molecule has 31 heavy (non-hydrogen) atoms. The number of ketones is 1. The summed E-state index contributed by atoms with van der Waals surface area (Å²) in [6.07, 6.45) is 3.37. The van der Waals surface area contributed by atoms with E-state index < -0.39 is 17.5 Å². The Kier molecular flexibility index (Phi) is 7.21. The van der Waals surface area contributed by atoms with Gasteiger partial charge in [0.1, 0.15) is 17.2 Å². The van der Waals surface area contributed by atoms with Gasteiger partial charge in [0, 0.05) is 32.0 Å². The van der Waals surface area contributed by atoms with Crippen molar-refractivity contribution >= 4 is 11.8 Å². The van der Waals surface area contributed by atoms with Gasteiger partial charge >= 0.3 is 5.97 Å². The minimum Gasteiger partial charge on any atom is -0.460 e. The molecule has 1 spiro atoms. The average Bonchev–Trinajstić information content (AvgIpc) is 3.32. The minimum absolute atomic E-state index is 0.00212. The monoisotopic (exact) mass is 433 g/mol. The maximum Gasteiger partial charge on any atom is 0.310 e. The quantitative estimate of drug-likeness (QED) is 0.595. The Hall–Kier alpha value is -1.79. The second-order valence-corrected chi connectivity index (χ2v) is 10.4. The topological polar surface area (TPSA) is 64.6 Å². The summed E-state index contributed by atoms with van der Waals surface area (Å²) in [4.78, 5) is 26.1. The molecule has 1 saturated carbocycles. The van der Waals surface area contributed by atoms with Gasteiger partial charge in [0.05, 0.1) is 12.0 Å². The fourth-order valence-electron chi connectivity index (χ4n) is 4.63. The molecule has 0 unspecified atom stereocenters. The molecule has 1 aromatic carbocycles. The Morgan fingerprint density at radius 1 is 1.26 bits per heavy atom. The third-order valence-electron chi connectivity index (χ3n) is 6.63. The van der Waals surface area contributed by atoms with E-state index in [-0.39, 0.29) is 42.5 Å². The largest absolute Gasteiger partial charge is 0.460 e. The first-order chi connectivity index (χ1) is 14.5.